The highest BCUT2D eigenvalue weighted by atomic mass is 127. The predicted octanol–water partition coefficient (Wildman–Crippen LogP) is 2.34. The first-order valence-electron chi connectivity index (χ1n) is 4.90. The van der Waals surface area contributed by atoms with Crippen LogP contribution in [-0.4, -0.2) is 27.7 Å². The predicted molar refractivity (Wildman–Crippen MR) is 74.5 cm³/mol. The maximum absolute atomic E-state index is 11.3. The van der Waals surface area contributed by atoms with Crippen molar-refractivity contribution in [2.24, 2.45) is 0 Å². The van der Waals surface area contributed by atoms with Gasteiger partial charge in [0.15, 0.2) is 5.76 Å². The topological polar surface area (TPSA) is 72.7 Å². The Morgan fingerprint density at radius 3 is 2.33 bits per heavy atom. The van der Waals surface area contributed by atoms with Gasteiger partial charge >= 0.3 is 0 Å². The molecule has 0 saturated carbocycles. The molecule has 0 atom stereocenters. The monoisotopic (exact) mass is 362 g/mol. The van der Waals surface area contributed by atoms with Gasteiger partial charge in [-0.3, -0.25) is 14.9 Å². The largest absolute Gasteiger partial charge is 0.451 e. The van der Waals surface area contributed by atoms with Gasteiger partial charge in [-0.15, -0.1) is 0 Å². The van der Waals surface area contributed by atoms with Gasteiger partial charge < -0.3 is 9.64 Å². The summed E-state index contributed by atoms with van der Waals surface area (Å²) in [6.07, 6.45) is 1.54. The van der Waals surface area contributed by atoms with E-state index in [2.05, 4.69) is 0 Å². The maximum atomic E-state index is 11.3. The standard InChI is InChI=1S/C11H11IN2O4/c1-13(2)7-10(11(12)15)18-9-5-3-8(4-6-9)14(16)17/h3-7H,1-2H3/b10-7-. The van der Waals surface area contributed by atoms with E-state index in [-0.39, 0.29) is 15.2 Å². The van der Waals surface area contributed by atoms with E-state index in [4.69, 9.17) is 4.74 Å². The highest BCUT2D eigenvalue weighted by Gasteiger charge is 2.10. The van der Waals surface area contributed by atoms with E-state index in [1.165, 1.54) is 30.5 Å². The van der Waals surface area contributed by atoms with E-state index in [1.54, 1.807) is 41.6 Å². The van der Waals surface area contributed by atoms with Gasteiger partial charge in [-0.1, -0.05) is 0 Å². The Bertz CT molecular complexity index is 482. The van der Waals surface area contributed by atoms with Gasteiger partial charge in [0.1, 0.15) is 5.75 Å². The van der Waals surface area contributed by atoms with Gasteiger partial charge in [0, 0.05) is 55.0 Å². The molecule has 7 heteroatoms. The van der Waals surface area contributed by atoms with Gasteiger partial charge in [0.2, 0.25) is 0 Å². The van der Waals surface area contributed by atoms with Crippen LogP contribution >= 0.6 is 22.6 Å². The number of rotatable bonds is 5. The molecule has 6 nitrogen and oxygen atoms in total. The molecule has 0 saturated heterocycles. The minimum atomic E-state index is -0.496. The molecular weight excluding hydrogens is 351 g/mol. The number of allylic oxidation sites excluding steroid dienone is 1. The summed E-state index contributed by atoms with van der Waals surface area (Å²) in [4.78, 5) is 23.0. The Labute approximate surface area is 118 Å². The minimum Gasteiger partial charge on any atom is -0.451 e. The molecule has 0 radical (unpaired) electrons. The van der Waals surface area contributed by atoms with Crippen LogP contribution in [0.3, 0.4) is 0 Å². The third kappa shape index (κ3) is 4.32. The first kappa shape index (κ1) is 14.4. The Morgan fingerprint density at radius 1 is 1.39 bits per heavy atom. The lowest BCUT2D eigenvalue weighted by molar-refractivity contribution is -0.384. The highest BCUT2D eigenvalue weighted by molar-refractivity contribution is 14.1. The van der Waals surface area contributed by atoms with Crippen molar-refractivity contribution in [3.05, 3.63) is 46.3 Å². The number of carbonyl (C=O) groups excluding carboxylic acids is 1. The molecule has 0 bridgehead atoms. The van der Waals surface area contributed by atoms with Crippen LogP contribution in [0.1, 0.15) is 0 Å². The van der Waals surface area contributed by atoms with Gasteiger partial charge in [0.05, 0.1) is 4.92 Å². The normalized spacial score (nSPS) is 10.9. The SMILES string of the molecule is CN(C)/C=C(\Oc1ccc([N+](=O)[O-])cc1)C(=O)I. The van der Waals surface area contributed by atoms with Crippen molar-refractivity contribution in [3.8, 4) is 5.75 Å². The number of nitrogens with zero attached hydrogens (tertiary/aromatic N) is 2. The summed E-state index contributed by atoms with van der Waals surface area (Å²) >= 11 is 1.61. The molecule has 1 aromatic rings. The fourth-order valence-electron chi connectivity index (χ4n) is 1.11. The maximum Gasteiger partial charge on any atom is 0.269 e. The molecule has 0 fully saturated rings. The van der Waals surface area contributed by atoms with Crippen LogP contribution in [0.5, 0.6) is 5.75 Å². The molecule has 96 valence electrons. The number of non-ortho nitro benzene ring substituents is 1. The average Bonchev–Trinajstić information content (AvgIpc) is 2.28. The summed E-state index contributed by atoms with van der Waals surface area (Å²) in [5.74, 6) is 0.535. The zero-order valence-electron chi connectivity index (χ0n) is 9.79. The van der Waals surface area contributed by atoms with E-state index < -0.39 is 4.92 Å². The van der Waals surface area contributed by atoms with Crippen molar-refractivity contribution in [2.45, 2.75) is 0 Å². The zero-order chi connectivity index (χ0) is 13.7. The second kappa shape index (κ2) is 6.34. The molecule has 0 N–H and O–H groups in total. The van der Waals surface area contributed by atoms with Crippen molar-refractivity contribution in [2.75, 3.05) is 14.1 Å². The first-order valence-corrected chi connectivity index (χ1v) is 5.98. The zero-order valence-corrected chi connectivity index (χ0v) is 11.9. The molecular formula is C11H11IN2O4. The van der Waals surface area contributed by atoms with Crippen LogP contribution in [0, 0.1) is 10.1 Å². The summed E-state index contributed by atoms with van der Waals surface area (Å²) < 4.78 is 5.11. The van der Waals surface area contributed by atoms with Crippen molar-refractivity contribution < 1.29 is 14.5 Å². The molecule has 18 heavy (non-hydrogen) atoms. The van der Waals surface area contributed by atoms with Crippen molar-refractivity contribution in [1.29, 1.82) is 0 Å². The van der Waals surface area contributed by atoms with Crippen LogP contribution in [0.15, 0.2) is 36.2 Å². The number of halogens is 1. The van der Waals surface area contributed by atoms with Crippen LogP contribution in [0.2, 0.25) is 0 Å². The molecule has 0 aliphatic carbocycles. The summed E-state index contributed by atoms with van der Waals surface area (Å²) in [6, 6.07) is 5.53. The number of benzene rings is 1. The Hall–Kier alpha value is -1.64. The number of nitro benzene ring substituents is 1. The first-order chi connectivity index (χ1) is 8.40. The summed E-state index contributed by atoms with van der Waals surface area (Å²) in [5, 5.41) is 10.5. The molecule has 0 aliphatic rings. The number of ether oxygens (including phenoxy) is 1. The third-order valence-corrected chi connectivity index (χ3v) is 2.38. The van der Waals surface area contributed by atoms with E-state index >= 15 is 0 Å². The van der Waals surface area contributed by atoms with Crippen LogP contribution in [0.25, 0.3) is 0 Å². The van der Waals surface area contributed by atoms with E-state index in [0.29, 0.717) is 5.75 Å². The lowest BCUT2D eigenvalue weighted by atomic mass is 10.3. The Morgan fingerprint density at radius 2 is 1.94 bits per heavy atom. The number of nitro groups is 1. The summed E-state index contributed by atoms with van der Waals surface area (Å²) in [5.41, 5.74) is -0.0266. The van der Waals surface area contributed by atoms with E-state index in [9.17, 15) is 14.9 Å². The summed E-state index contributed by atoms with van der Waals surface area (Å²) in [6.45, 7) is 0. The second-order valence-electron chi connectivity index (χ2n) is 3.58. The Balaban J connectivity index is 2.88. The van der Waals surface area contributed by atoms with Crippen LogP contribution in [-0.2, 0) is 4.79 Å². The fourth-order valence-corrected chi connectivity index (χ4v) is 1.36. The fraction of sp³-hybridized carbons (Fsp3) is 0.182. The number of hydrogen-bond donors (Lipinski definition) is 0. The molecule has 0 spiro atoms. The van der Waals surface area contributed by atoms with Gasteiger partial charge in [-0.25, -0.2) is 0 Å². The summed E-state index contributed by atoms with van der Waals surface area (Å²) in [7, 11) is 3.53. The number of hydrogen-bond acceptors (Lipinski definition) is 5. The van der Waals surface area contributed by atoms with E-state index in [1.807, 2.05) is 0 Å². The third-order valence-electron chi connectivity index (χ3n) is 1.84. The van der Waals surface area contributed by atoms with Crippen molar-refractivity contribution >= 4 is 32.1 Å². The van der Waals surface area contributed by atoms with Crippen LogP contribution < -0.4 is 4.74 Å². The lowest BCUT2D eigenvalue weighted by Crippen LogP contribution is -2.10. The number of carbonyl (C=O) groups is 1. The molecule has 1 aromatic carbocycles. The highest BCUT2D eigenvalue weighted by Crippen LogP contribution is 2.20. The van der Waals surface area contributed by atoms with Gasteiger partial charge in [-0.05, 0) is 12.1 Å². The molecule has 0 heterocycles. The Kier molecular flexibility index (Phi) is 5.08. The quantitative estimate of drug-likeness (QED) is 0.201. The molecule has 0 unspecified atom stereocenters. The van der Waals surface area contributed by atoms with Gasteiger partial charge in [-0.2, -0.15) is 0 Å². The van der Waals surface area contributed by atoms with E-state index in [0.717, 1.165) is 0 Å². The minimum absolute atomic E-state index is 0.0266. The van der Waals surface area contributed by atoms with Crippen molar-refractivity contribution in [3.63, 3.8) is 0 Å². The molecule has 0 aromatic heterocycles. The second-order valence-corrected chi connectivity index (χ2v) is 4.56. The average molecular weight is 362 g/mol. The molecule has 0 aliphatic heterocycles. The van der Waals surface area contributed by atoms with Gasteiger partial charge in [0.25, 0.3) is 9.48 Å². The van der Waals surface area contributed by atoms with Crippen molar-refractivity contribution in [1.82, 2.24) is 4.90 Å². The lowest BCUT2D eigenvalue weighted by Gasteiger charge is -2.10. The smallest absolute Gasteiger partial charge is 0.269 e. The molecule has 1 rings (SSSR count). The van der Waals surface area contributed by atoms with Crippen LogP contribution in [0.4, 0.5) is 5.69 Å². The molecule has 0 amide bonds.